The van der Waals surface area contributed by atoms with Gasteiger partial charge in [0.2, 0.25) is 0 Å². The third-order valence-corrected chi connectivity index (χ3v) is 4.85. The number of nitrogens with zero attached hydrogens (tertiary/aromatic N) is 2. The number of unbranched alkanes of at least 4 members (excludes halogenated alkanes) is 2. The van der Waals surface area contributed by atoms with Crippen LogP contribution in [-0.4, -0.2) is 28.9 Å². The van der Waals surface area contributed by atoms with Crippen LogP contribution >= 0.6 is 0 Å². The van der Waals surface area contributed by atoms with Crippen LogP contribution in [0.2, 0.25) is 0 Å². The second-order valence-electron chi connectivity index (χ2n) is 6.88. The number of hydrazone groups is 1. The van der Waals surface area contributed by atoms with E-state index in [1.807, 2.05) is 0 Å². The zero-order chi connectivity index (χ0) is 21.5. The summed E-state index contributed by atoms with van der Waals surface area (Å²) in [4.78, 5) is 25.7. The molecule has 7 heteroatoms. The number of carbonyl (C=O) groups excluding carboxylic acids is 1. The van der Waals surface area contributed by atoms with Gasteiger partial charge in [0.1, 0.15) is 17.1 Å². The summed E-state index contributed by atoms with van der Waals surface area (Å²) in [7, 11) is 1.58. The fourth-order valence-corrected chi connectivity index (χ4v) is 3.25. The first-order valence-electron chi connectivity index (χ1n) is 9.88. The number of hydrogen-bond donors (Lipinski definition) is 2. The van der Waals surface area contributed by atoms with Crippen molar-refractivity contribution < 1.29 is 14.6 Å². The van der Waals surface area contributed by atoms with Crippen LogP contribution in [0.5, 0.6) is 11.5 Å². The van der Waals surface area contributed by atoms with Gasteiger partial charge in [0, 0.05) is 11.9 Å². The van der Waals surface area contributed by atoms with Crippen LogP contribution in [0.4, 0.5) is 0 Å². The van der Waals surface area contributed by atoms with Crippen molar-refractivity contribution >= 4 is 23.0 Å². The summed E-state index contributed by atoms with van der Waals surface area (Å²) in [5.41, 5.74) is 2.86. The first-order chi connectivity index (χ1) is 14.6. The quantitative estimate of drug-likeness (QED) is 0.338. The first-order valence-corrected chi connectivity index (χ1v) is 9.88. The van der Waals surface area contributed by atoms with E-state index in [-0.39, 0.29) is 11.3 Å². The van der Waals surface area contributed by atoms with E-state index < -0.39 is 11.5 Å². The molecule has 3 aromatic rings. The Balaban J connectivity index is 1.90. The van der Waals surface area contributed by atoms with Gasteiger partial charge in [0.15, 0.2) is 0 Å². The minimum atomic E-state index is -0.753. The number of aromatic hydroxyl groups is 1. The molecular weight excluding hydrogens is 382 g/mol. The molecule has 0 saturated carbocycles. The molecule has 0 bridgehead atoms. The first kappa shape index (κ1) is 21.1. The number of pyridine rings is 1. The molecule has 7 nitrogen and oxygen atoms in total. The zero-order valence-corrected chi connectivity index (χ0v) is 17.1. The van der Waals surface area contributed by atoms with Gasteiger partial charge in [-0.1, -0.05) is 31.9 Å². The molecule has 0 fully saturated rings. The summed E-state index contributed by atoms with van der Waals surface area (Å²) in [6.07, 6.45) is 4.24. The number of nitrogens with one attached hydrogen (secondary N) is 1. The van der Waals surface area contributed by atoms with Crippen molar-refractivity contribution in [3.8, 4) is 11.5 Å². The molecule has 0 aliphatic rings. The van der Waals surface area contributed by atoms with Gasteiger partial charge in [-0.15, -0.1) is 0 Å². The molecule has 3 rings (SSSR count). The fourth-order valence-electron chi connectivity index (χ4n) is 3.25. The molecule has 0 atom stereocenters. The van der Waals surface area contributed by atoms with Crippen molar-refractivity contribution in [1.29, 1.82) is 0 Å². The summed E-state index contributed by atoms with van der Waals surface area (Å²) >= 11 is 0. The van der Waals surface area contributed by atoms with Gasteiger partial charge < -0.3 is 14.4 Å². The molecule has 0 saturated heterocycles. The largest absolute Gasteiger partial charge is 0.506 e. The minimum absolute atomic E-state index is 0.308. The number of methoxy groups -OCH3 is 1. The summed E-state index contributed by atoms with van der Waals surface area (Å²) < 4.78 is 6.65. The molecule has 0 aliphatic carbocycles. The van der Waals surface area contributed by atoms with Crippen LogP contribution in [0, 0.1) is 0 Å². The topological polar surface area (TPSA) is 92.9 Å². The van der Waals surface area contributed by atoms with Crippen molar-refractivity contribution in [1.82, 2.24) is 9.99 Å². The number of fused-ring (bicyclic) bond motifs is 1. The monoisotopic (exact) mass is 407 g/mol. The third kappa shape index (κ3) is 4.51. The molecule has 0 radical (unpaired) electrons. The number of rotatable bonds is 8. The molecular formula is C23H25N3O4. The van der Waals surface area contributed by atoms with E-state index in [4.69, 9.17) is 4.74 Å². The van der Waals surface area contributed by atoms with Crippen molar-refractivity contribution in [3.63, 3.8) is 0 Å². The number of carbonyl (C=O) groups is 1. The number of hydrogen-bond acceptors (Lipinski definition) is 5. The second-order valence-corrected chi connectivity index (χ2v) is 6.88. The Morgan fingerprint density at radius 1 is 1.17 bits per heavy atom. The molecule has 2 N–H and O–H groups in total. The highest BCUT2D eigenvalue weighted by Gasteiger charge is 2.21. The Kier molecular flexibility index (Phi) is 6.85. The van der Waals surface area contributed by atoms with Crippen LogP contribution in [0.25, 0.3) is 10.9 Å². The van der Waals surface area contributed by atoms with Gasteiger partial charge in [-0.25, -0.2) is 5.43 Å². The summed E-state index contributed by atoms with van der Waals surface area (Å²) in [5, 5.41) is 15.0. The normalized spacial score (nSPS) is 11.1. The van der Waals surface area contributed by atoms with E-state index in [1.54, 1.807) is 60.2 Å². The maximum atomic E-state index is 13.0. The van der Waals surface area contributed by atoms with Crippen molar-refractivity contribution in [2.24, 2.45) is 5.10 Å². The predicted molar refractivity (Wildman–Crippen MR) is 117 cm³/mol. The zero-order valence-electron chi connectivity index (χ0n) is 17.1. The van der Waals surface area contributed by atoms with Crippen LogP contribution in [0.1, 0.15) is 42.1 Å². The Labute approximate surface area is 174 Å². The number of aryl methyl sites for hydroxylation is 1. The van der Waals surface area contributed by atoms with Crippen LogP contribution < -0.4 is 15.7 Å². The van der Waals surface area contributed by atoms with Gasteiger partial charge in [-0.2, -0.15) is 5.10 Å². The third-order valence-electron chi connectivity index (χ3n) is 4.85. The van der Waals surface area contributed by atoms with Gasteiger partial charge >= 0.3 is 0 Å². The van der Waals surface area contributed by atoms with Crippen molar-refractivity contribution in [2.75, 3.05) is 7.11 Å². The van der Waals surface area contributed by atoms with Gasteiger partial charge in [-0.05, 0) is 48.4 Å². The Bertz CT molecular complexity index is 1120. The van der Waals surface area contributed by atoms with Crippen molar-refractivity contribution in [2.45, 2.75) is 32.7 Å². The second kappa shape index (κ2) is 9.73. The molecule has 1 aromatic heterocycles. The Morgan fingerprint density at radius 2 is 1.90 bits per heavy atom. The number of aromatic nitrogens is 1. The van der Waals surface area contributed by atoms with Crippen LogP contribution in [-0.2, 0) is 6.54 Å². The average Bonchev–Trinajstić information content (AvgIpc) is 2.76. The molecule has 1 heterocycles. The van der Waals surface area contributed by atoms with E-state index in [1.165, 1.54) is 6.21 Å². The molecule has 0 aliphatic heterocycles. The number of ether oxygens (including phenoxy) is 1. The lowest BCUT2D eigenvalue weighted by Crippen LogP contribution is -2.31. The van der Waals surface area contributed by atoms with E-state index in [2.05, 4.69) is 17.5 Å². The highest BCUT2D eigenvalue weighted by atomic mass is 16.5. The van der Waals surface area contributed by atoms with Gasteiger partial charge in [0.05, 0.1) is 18.8 Å². The number of benzene rings is 2. The fraction of sp³-hybridized carbons (Fsp3) is 0.261. The summed E-state index contributed by atoms with van der Waals surface area (Å²) in [5.74, 6) is -0.377. The highest BCUT2D eigenvalue weighted by molar-refractivity contribution is 6.02. The Hall–Kier alpha value is -3.61. The number of para-hydroxylation sites is 1. The average molecular weight is 407 g/mol. The maximum Gasteiger partial charge on any atom is 0.280 e. The van der Waals surface area contributed by atoms with Crippen LogP contribution in [0.3, 0.4) is 0 Å². The predicted octanol–water partition coefficient (Wildman–Crippen LogP) is 3.67. The van der Waals surface area contributed by atoms with E-state index >= 15 is 0 Å². The lowest BCUT2D eigenvalue weighted by molar-refractivity contribution is 0.0950. The molecule has 30 heavy (non-hydrogen) atoms. The van der Waals surface area contributed by atoms with Gasteiger partial charge in [-0.3, -0.25) is 9.59 Å². The smallest absolute Gasteiger partial charge is 0.280 e. The molecule has 156 valence electrons. The van der Waals surface area contributed by atoms with E-state index in [0.29, 0.717) is 23.2 Å². The van der Waals surface area contributed by atoms with Gasteiger partial charge in [0.25, 0.3) is 11.5 Å². The standard InChI is InChI=1S/C23H25N3O4/c1-3-4-7-14-26-19-9-6-5-8-18(19)21(27)20(23(26)29)22(28)25-24-15-16-10-12-17(30-2)13-11-16/h5-6,8-13,15,27H,3-4,7,14H2,1-2H3,(H,25,28)/b24-15-. The maximum absolute atomic E-state index is 13.0. The van der Waals surface area contributed by atoms with Crippen LogP contribution in [0.15, 0.2) is 58.4 Å². The lowest BCUT2D eigenvalue weighted by Gasteiger charge is -2.14. The lowest BCUT2D eigenvalue weighted by atomic mass is 10.1. The SMILES string of the molecule is CCCCCn1c(=O)c(C(=O)N/N=C\c2ccc(OC)cc2)c(O)c2ccccc21. The minimum Gasteiger partial charge on any atom is -0.506 e. The molecule has 2 aromatic carbocycles. The molecule has 0 spiro atoms. The van der Waals surface area contributed by atoms with E-state index in [9.17, 15) is 14.7 Å². The number of amides is 1. The molecule has 1 amide bonds. The summed E-state index contributed by atoms with van der Waals surface area (Å²) in [6, 6.07) is 14.1. The van der Waals surface area contributed by atoms with Crippen molar-refractivity contribution in [3.05, 3.63) is 70.0 Å². The molecule has 0 unspecified atom stereocenters. The Morgan fingerprint density at radius 3 is 2.60 bits per heavy atom. The highest BCUT2D eigenvalue weighted by Crippen LogP contribution is 2.26. The van der Waals surface area contributed by atoms with E-state index in [0.717, 1.165) is 24.8 Å². The summed E-state index contributed by atoms with van der Waals surface area (Å²) in [6.45, 7) is 2.56.